The molecule has 9 heteroatoms. The number of aryl methyl sites for hydroxylation is 2. The van der Waals surface area contributed by atoms with E-state index >= 15 is 0 Å². The summed E-state index contributed by atoms with van der Waals surface area (Å²) in [4.78, 5) is 8.51. The van der Waals surface area contributed by atoms with Crippen LogP contribution in [0.25, 0.3) is 28.1 Å². The van der Waals surface area contributed by atoms with Crippen LogP contribution in [0.1, 0.15) is 23.9 Å². The van der Waals surface area contributed by atoms with Crippen LogP contribution in [-0.4, -0.2) is 16.6 Å². The Hall–Kier alpha value is -4.14. The lowest BCUT2D eigenvalue weighted by Gasteiger charge is -2.08. The van der Waals surface area contributed by atoms with Gasteiger partial charge in [-0.25, -0.2) is 27.5 Å². The summed E-state index contributed by atoms with van der Waals surface area (Å²) in [6, 6.07) is 10.8. The van der Waals surface area contributed by atoms with E-state index in [9.17, 15) is 26.3 Å². The maximum absolute atomic E-state index is 14.6. The topological polar surface area (TPSA) is 35.0 Å². The summed E-state index contributed by atoms with van der Waals surface area (Å²) in [7, 11) is 0. The third-order valence-electron chi connectivity index (χ3n) is 5.59. The molecule has 0 unspecified atom stereocenters. The summed E-state index contributed by atoms with van der Waals surface area (Å²) in [6.45, 7) is 1.44. The molecular formula is C28H20F6N2O. The van der Waals surface area contributed by atoms with Gasteiger partial charge in [-0.3, -0.25) is 0 Å². The van der Waals surface area contributed by atoms with Crippen LogP contribution in [0, 0.1) is 23.3 Å². The molecule has 4 rings (SSSR count). The summed E-state index contributed by atoms with van der Waals surface area (Å²) in [5.74, 6) is -5.58. The monoisotopic (exact) mass is 514 g/mol. The second-order valence-corrected chi connectivity index (χ2v) is 8.05. The molecule has 0 atom stereocenters. The SMILES string of the molecule is CCOC(F)=C(F)c1ccc(-c2cnc(CCc3ccc(-c4cc(F)c(F)c(F)c4)cc3)nc2)c(F)c1. The number of nitrogens with zero attached hydrogens (tertiary/aromatic N) is 2. The number of hydrogen-bond acceptors (Lipinski definition) is 3. The molecule has 190 valence electrons. The first kappa shape index (κ1) is 25.9. The molecule has 0 aliphatic heterocycles. The van der Waals surface area contributed by atoms with Gasteiger partial charge in [-0.15, -0.1) is 0 Å². The fourth-order valence-corrected chi connectivity index (χ4v) is 3.65. The van der Waals surface area contributed by atoms with Crippen LogP contribution in [0.5, 0.6) is 0 Å². The third-order valence-corrected chi connectivity index (χ3v) is 5.59. The van der Waals surface area contributed by atoms with E-state index in [1.165, 1.54) is 31.5 Å². The number of halogens is 6. The van der Waals surface area contributed by atoms with Gasteiger partial charge >= 0.3 is 6.01 Å². The summed E-state index contributed by atoms with van der Waals surface area (Å²) >= 11 is 0. The largest absolute Gasteiger partial charge is 0.469 e. The number of rotatable bonds is 8. The minimum Gasteiger partial charge on any atom is -0.469 e. The lowest BCUT2D eigenvalue weighted by Crippen LogP contribution is -1.99. The van der Waals surface area contributed by atoms with Crippen molar-refractivity contribution < 1.29 is 31.1 Å². The maximum atomic E-state index is 14.6. The third kappa shape index (κ3) is 5.99. The summed E-state index contributed by atoms with van der Waals surface area (Å²) in [5, 5.41) is 0. The van der Waals surface area contributed by atoms with E-state index in [4.69, 9.17) is 0 Å². The lowest BCUT2D eigenvalue weighted by atomic mass is 10.0. The first-order valence-electron chi connectivity index (χ1n) is 11.3. The Balaban J connectivity index is 1.41. The van der Waals surface area contributed by atoms with Crippen molar-refractivity contribution in [2.45, 2.75) is 19.8 Å². The fourth-order valence-electron chi connectivity index (χ4n) is 3.65. The molecule has 3 aromatic carbocycles. The summed E-state index contributed by atoms with van der Waals surface area (Å²) in [6.07, 6.45) is 3.90. The highest BCUT2D eigenvalue weighted by Crippen LogP contribution is 2.28. The number of aromatic nitrogens is 2. The zero-order valence-electron chi connectivity index (χ0n) is 19.5. The normalized spacial score (nSPS) is 11.9. The van der Waals surface area contributed by atoms with Crippen LogP contribution < -0.4 is 0 Å². The minimum atomic E-state index is -1.51. The fraction of sp³-hybridized carbons (Fsp3) is 0.143. The molecule has 0 bridgehead atoms. The Morgan fingerprint density at radius 1 is 0.730 bits per heavy atom. The average Bonchev–Trinajstić information content (AvgIpc) is 2.90. The number of ether oxygens (including phenoxy) is 1. The second kappa shape index (κ2) is 11.3. The van der Waals surface area contributed by atoms with Crippen LogP contribution in [0.2, 0.25) is 0 Å². The molecule has 0 saturated heterocycles. The van der Waals surface area contributed by atoms with Gasteiger partial charge in [0.05, 0.1) is 6.61 Å². The van der Waals surface area contributed by atoms with Crippen LogP contribution in [0.4, 0.5) is 26.3 Å². The molecule has 0 aliphatic carbocycles. The average molecular weight is 514 g/mol. The van der Waals surface area contributed by atoms with Crippen molar-refractivity contribution in [3.05, 3.63) is 113 Å². The molecule has 4 aromatic rings. The van der Waals surface area contributed by atoms with Gasteiger partial charge in [-0.1, -0.05) is 36.4 Å². The molecule has 1 heterocycles. The molecule has 3 nitrogen and oxygen atoms in total. The Bertz CT molecular complexity index is 1410. The molecule has 0 N–H and O–H groups in total. The van der Waals surface area contributed by atoms with Crippen molar-refractivity contribution in [1.29, 1.82) is 0 Å². The summed E-state index contributed by atoms with van der Waals surface area (Å²) < 4.78 is 86.7. The van der Waals surface area contributed by atoms with Gasteiger partial charge in [0.25, 0.3) is 0 Å². The van der Waals surface area contributed by atoms with Gasteiger partial charge in [0, 0.05) is 35.5 Å². The predicted octanol–water partition coefficient (Wildman–Crippen LogP) is 7.75. The second-order valence-electron chi connectivity index (χ2n) is 8.05. The van der Waals surface area contributed by atoms with Crippen LogP contribution in [0.3, 0.4) is 0 Å². The molecular weight excluding hydrogens is 494 g/mol. The van der Waals surface area contributed by atoms with Crippen molar-refractivity contribution >= 4 is 5.83 Å². The quantitative estimate of drug-likeness (QED) is 0.137. The Morgan fingerprint density at radius 3 is 1.97 bits per heavy atom. The molecule has 0 aliphatic rings. The van der Waals surface area contributed by atoms with Crippen molar-refractivity contribution in [1.82, 2.24) is 9.97 Å². The standard InChI is InChI=1S/C28H20F6N2O/c1-2-37-28(34)26(32)18-8-9-21(22(29)11-18)20-14-35-25(36-15-20)10-5-16-3-6-17(7-4-16)19-12-23(30)27(33)24(31)13-19/h3-4,6-9,11-15H,2,5,10H2,1H3. The van der Waals surface area contributed by atoms with Crippen LogP contribution in [-0.2, 0) is 17.6 Å². The predicted molar refractivity (Wildman–Crippen MR) is 127 cm³/mol. The number of benzene rings is 3. The van der Waals surface area contributed by atoms with Gasteiger partial charge in [-0.2, -0.15) is 8.78 Å². The van der Waals surface area contributed by atoms with Crippen LogP contribution >= 0.6 is 0 Å². The summed E-state index contributed by atoms with van der Waals surface area (Å²) in [5.41, 5.74) is 1.88. The first-order valence-corrected chi connectivity index (χ1v) is 11.3. The maximum Gasteiger partial charge on any atom is 0.309 e. The lowest BCUT2D eigenvalue weighted by molar-refractivity contribution is 0.156. The molecule has 0 spiro atoms. The minimum absolute atomic E-state index is 0.0622. The highest BCUT2D eigenvalue weighted by Gasteiger charge is 2.15. The van der Waals surface area contributed by atoms with E-state index in [1.807, 2.05) is 0 Å². The molecule has 1 aromatic heterocycles. The molecule has 0 amide bonds. The van der Waals surface area contributed by atoms with E-state index in [1.54, 1.807) is 24.3 Å². The van der Waals surface area contributed by atoms with Gasteiger partial charge in [0.15, 0.2) is 17.5 Å². The van der Waals surface area contributed by atoms with Gasteiger partial charge in [-0.05, 0) is 48.2 Å². The van der Waals surface area contributed by atoms with Crippen molar-refractivity contribution in [2.24, 2.45) is 0 Å². The van der Waals surface area contributed by atoms with Crippen molar-refractivity contribution in [3.8, 4) is 22.3 Å². The van der Waals surface area contributed by atoms with E-state index in [0.717, 1.165) is 23.8 Å². The molecule has 0 saturated carbocycles. The zero-order chi connectivity index (χ0) is 26.5. The Kier molecular flexibility index (Phi) is 7.91. The van der Waals surface area contributed by atoms with Crippen molar-refractivity contribution in [2.75, 3.05) is 6.61 Å². The molecule has 0 fully saturated rings. The van der Waals surface area contributed by atoms with Crippen molar-refractivity contribution in [3.63, 3.8) is 0 Å². The number of hydrogen-bond donors (Lipinski definition) is 0. The Morgan fingerprint density at radius 2 is 1.38 bits per heavy atom. The zero-order valence-corrected chi connectivity index (χ0v) is 19.5. The van der Waals surface area contributed by atoms with E-state index < -0.39 is 35.1 Å². The van der Waals surface area contributed by atoms with Gasteiger partial charge < -0.3 is 4.74 Å². The molecule has 0 radical (unpaired) electrons. The Labute approximate surface area is 209 Å². The highest BCUT2D eigenvalue weighted by molar-refractivity contribution is 5.68. The van der Waals surface area contributed by atoms with E-state index in [0.29, 0.717) is 29.8 Å². The van der Waals surface area contributed by atoms with Gasteiger partial charge in [0.2, 0.25) is 5.83 Å². The smallest absolute Gasteiger partial charge is 0.309 e. The first-order chi connectivity index (χ1) is 17.8. The highest BCUT2D eigenvalue weighted by atomic mass is 19.2. The van der Waals surface area contributed by atoms with Crippen LogP contribution in [0.15, 0.2) is 73.0 Å². The molecule has 37 heavy (non-hydrogen) atoms. The van der Waals surface area contributed by atoms with Gasteiger partial charge in [0.1, 0.15) is 11.6 Å². The van der Waals surface area contributed by atoms with E-state index in [-0.39, 0.29) is 23.3 Å². The van der Waals surface area contributed by atoms with E-state index in [2.05, 4.69) is 14.7 Å².